The van der Waals surface area contributed by atoms with Crippen LogP contribution >= 0.6 is 8.58 Å². The molecule has 0 amide bonds. The molecule has 6 rings (SSSR count). The predicted octanol–water partition coefficient (Wildman–Crippen LogP) is 10.4. The summed E-state index contributed by atoms with van der Waals surface area (Å²) >= 11 is -0.935. The van der Waals surface area contributed by atoms with Crippen LogP contribution < -0.4 is 5.30 Å². The van der Waals surface area contributed by atoms with E-state index in [4.69, 9.17) is 0 Å². The Morgan fingerprint density at radius 1 is 0.619 bits per heavy atom. The van der Waals surface area contributed by atoms with E-state index in [9.17, 15) is 0 Å². The Labute approximate surface area is 267 Å². The summed E-state index contributed by atoms with van der Waals surface area (Å²) in [6, 6.07) is 39.3. The zero-order valence-electron chi connectivity index (χ0n) is 26.0. The zero-order valence-corrected chi connectivity index (χ0v) is 29.4. The second-order valence-electron chi connectivity index (χ2n) is 12.1. The van der Waals surface area contributed by atoms with Crippen LogP contribution in [-0.2, 0) is 38.9 Å². The van der Waals surface area contributed by atoms with Gasteiger partial charge in [-0.1, -0.05) is 60.7 Å². The molecule has 42 heavy (non-hydrogen) atoms. The second kappa shape index (κ2) is 13.4. The molecule has 2 atom stereocenters. The first-order valence-electron chi connectivity index (χ1n) is 15.1. The number of rotatable bonds is 7. The quantitative estimate of drug-likeness (QED) is 0.176. The smallest absolute Gasteiger partial charge is 0.0238 e. The van der Waals surface area contributed by atoms with Crippen molar-refractivity contribution in [3.8, 4) is 0 Å². The molecule has 0 N–H and O–H groups in total. The largest absolute Gasteiger partial charge is 0.0622 e. The van der Waals surface area contributed by atoms with Crippen molar-refractivity contribution in [1.82, 2.24) is 0 Å². The fourth-order valence-electron chi connectivity index (χ4n) is 6.10. The van der Waals surface area contributed by atoms with Gasteiger partial charge in [0.1, 0.15) is 0 Å². The Bertz CT molecular complexity index is 1590. The van der Waals surface area contributed by atoms with Crippen molar-refractivity contribution in [2.24, 2.45) is 5.41 Å². The van der Waals surface area contributed by atoms with Crippen molar-refractivity contribution in [3.63, 3.8) is 0 Å². The third kappa shape index (κ3) is 6.64. The van der Waals surface area contributed by atoms with Crippen molar-refractivity contribution in [3.05, 3.63) is 163 Å². The van der Waals surface area contributed by atoms with Gasteiger partial charge >= 0.3 is 184 Å². The molecule has 0 radical (unpaired) electrons. The number of allylic oxidation sites excluding steroid dienone is 5. The van der Waals surface area contributed by atoms with Gasteiger partial charge in [0.15, 0.2) is 0 Å². The number of aryl methyl sites for hydroxylation is 3. The average Bonchev–Trinajstić information content (AvgIpc) is 3.44. The van der Waals surface area contributed by atoms with E-state index >= 15 is 0 Å². The van der Waals surface area contributed by atoms with Crippen LogP contribution in [0, 0.1) is 12.3 Å². The van der Waals surface area contributed by atoms with Crippen LogP contribution in [0.4, 0.5) is 0 Å². The van der Waals surface area contributed by atoms with E-state index in [1.54, 1.807) is 20.0 Å². The van der Waals surface area contributed by atoms with E-state index in [2.05, 4.69) is 163 Å². The van der Waals surface area contributed by atoms with E-state index in [0.29, 0.717) is 0 Å². The fourth-order valence-corrected chi connectivity index (χ4v) is 14.2. The van der Waals surface area contributed by atoms with Gasteiger partial charge in [-0.25, -0.2) is 0 Å². The van der Waals surface area contributed by atoms with Crippen LogP contribution in [0.25, 0.3) is 6.08 Å². The van der Waals surface area contributed by atoms with Crippen molar-refractivity contribution in [2.75, 3.05) is 0 Å². The number of fused-ring (bicyclic) bond motifs is 1. The molecule has 2 aliphatic rings. The standard InChI is InChI=1S/C16H14P.C14H14.C10H15.Zr/c1-12-6-2-5-9-15(12)17-16-11-10-13-7-3-4-8-14(13)16;1-3-7-13(8-4-1)11-12-14-9-5-2-6-10-14;1-7-6-10(4,5)9(3)8(7)2;/h2-11,17H,1H3;1-10H,11-12H2;1-5H3;. The molecule has 0 saturated heterocycles. The van der Waals surface area contributed by atoms with Crippen LogP contribution in [0.5, 0.6) is 0 Å². The molecule has 0 spiro atoms. The summed E-state index contributed by atoms with van der Waals surface area (Å²) in [6.07, 6.45) is 7.23. The number of benzene rings is 4. The molecule has 0 bridgehead atoms. The molecule has 2 heteroatoms. The number of hydrogen-bond acceptors (Lipinski definition) is 0. The fraction of sp³-hybridized carbons (Fsp3) is 0.250. The molecule has 0 fully saturated rings. The third-order valence-electron chi connectivity index (χ3n) is 9.15. The third-order valence-corrected chi connectivity index (χ3v) is 17.6. The Morgan fingerprint density at radius 2 is 1.17 bits per heavy atom. The summed E-state index contributed by atoms with van der Waals surface area (Å²) in [5.74, 6) is 0. The van der Waals surface area contributed by atoms with Gasteiger partial charge in [-0.05, 0) is 24.0 Å². The van der Waals surface area contributed by atoms with Crippen molar-refractivity contribution >= 4 is 20.0 Å². The molecule has 0 heterocycles. The van der Waals surface area contributed by atoms with Gasteiger partial charge in [-0.3, -0.25) is 0 Å². The Morgan fingerprint density at radius 3 is 1.74 bits per heavy atom. The van der Waals surface area contributed by atoms with Gasteiger partial charge in [0, 0.05) is 0 Å². The van der Waals surface area contributed by atoms with Gasteiger partial charge in [-0.15, -0.1) is 0 Å². The molecule has 0 saturated carbocycles. The monoisotopic (exact) mass is 644 g/mol. The van der Waals surface area contributed by atoms with Gasteiger partial charge < -0.3 is 0 Å². The normalized spacial score (nSPS) is 18.8. The van der Waals surface area contributed by atoms with E-state index in [0.717, 1.165) is 21.4 Å². The first kappa shape index (κ1) is 30.9. The molecular weight excluding hydrogens is 603 g/mol. The van der Waals surface area contributed by atoms with E-state index < -0.39 is 23.2 Å². The van der Waals surface area contributed by atoms with Gasteiger partial charge in [0.2, 0.25) is 0 Å². The maximum atomic E-state index is 2.58. The minimum absolute atomic E-state index is 0.217. The van der Waals surface area contributed by atoms with Gasteiger partial charge in [0.25, 0.3) is 0 Å². The SMILES string of the molecule is CC1=C(C)C(C)(C)[C]([Zr][C]2(Pc3ccccc3C)C=Cc3ccccc32)=C1C.c1ccc(CCc2ccccc2)cc1. The predicted molar refractivity (Wildman–Crippen MR) is 181 cm³/mol. The van der Waals surface area contributed by atoms with Crippen molar-refractivity contribution in [1.29, 1.82) is 0 Å². The number of hydrogen-bond donors (Lipinski definition) is 0. The van der Waals surface area contributed by atoms with Crippen LogP contribution in [0.2, 0.25) is 0 Å². The topological polar surface area (TPSA) is 0 Å². The van der Waals surface area contributed by atoms with Crippen molar-refractivity contribution in [2.45, 2.75) is 57.2 Å². The molecule has 2 aliphatic carbocycles. The van der Waals surface area contributed by atoms with Crippen LogP contribution in [0.3, 0.4) is 0 Å². The molecule has 2 unspecified atom stereocenters. The Hall–Kier alpha value is -2.59. The minimum Gasteiger partial charge on any atom is -0.0622 e. The van der Waals surface area contributed by atoms with Crippen LogP contribution in [0.15, 0.2) is 135 Å². The molecular formula is C40H43PZr. The van der Waals surface area contributed by atoms with E-state index in [-0.39, 0.29) is 8.28 Å². The summed E-state index contributed by atoms with van der Waals surface area (Å²) in [5, 5.41) is 1.53. The molecule has 4 aromatic carbocycles. The van der Waals surface area contributed by atoms with Crippen molar-refractivity contribution < 1.29 is 23.2 Å². The zero-order chi connectivity index (χ0) is 29.7. The first-order chi connectivity index (χ1) is 20.2. The molecule has 0 nitrogen and oxygen atoms in total. The minimum atomic E-state index is -0.935. The maximum absolute atomic E-state index is 2.58. The van der Waals surface area contributed by atoms with E-state index in [1.165, 1.54) is 33.1 Å². The van der Waals surface area contributed by atoms with Crippen LogP contribution in [-0.4, -0.2) is 0 Å². The summed E-state index contributed by atoms with van der Waals surface area (Å²) < 4.78 is 2.01. The molecule has 4 aromatic rings. The molecule has 0 aliphatic heterocycles. The van der Waals surface area contributed by atoms with Crippen LogP contribution in [0.1, 0.15) is 62.4 Å². The molecule has 0 aromatic heterocycles. The summed E-state index contributed by atoms with van der Waals surface area (Å²) in [5.41, 5.74) is 12.2. The van der Waals surface area contributed by atoms with Gasteiger partial charge in [0.05, 0.1) is 0 Å². The maximum Gasteiger partial charge on any atom is -0.0238 e. The summed E-state index contributed by atoms with van der Waals surface area (Å²) in [7, 11) is 0.807. The average molecular weight is 646 g/mol. The Kier molecular flexibility index (Phi) is 9.82. The van der Waals surface area contributed by atoms with Gasteiger partial charge in [-0.2, -0.15) is 0 Å². The summed E-state index contributed by atoms with van der Waals surface area (Å²) in [4.78, 5) is 0. The summed E-state index contributed by atoms with van der Waals surface area (Å²) in [6.45, 7) is 14.2. The van der Waals surface area contributed by atoms with E-state index in [1.807, 2.05) is 0 Å². The first-order valence-corrected chi connectivity index (χ1v) is 18.6. The second-order valence-corrected chi connectivity index (χ2v) is 18.7. The molecule has 212 valence electrons. The Balaban J connectivity index is 0.000000211.